The molecule has 0 aromatic carbocycles. The van der Waals surface area contributed by atoms with Crippen molar-refractivity contribution in [1.29, 1.82) is 0 Å². The Labute approximate surface area is 178 Å². The molecule has 2 aliphatic heterocycles. The predicted octanol–water partition coefficient (Wildman–Crippen LogP) is 0.846. The number of imidazole rings is 1. The van der Waals surface area contributed by atoms with Gasteiger partial charge in [-0.15, -0.1) is 0 Å². The molecule has 0 bridgehead atoms. The smallest absolute Gasteiger partial charge is 0.332 e. The van der Waals surface area contributed by atoms with E-state index in [1.54, 1.807) is 13.2 Å². The van der Waals surface area contributed by atoms with Gasteiger partial charge < -0.3 is 14.6 Å². The average Bonchev–Trinajstić information content (AvgIpc) is 3.55. The Kier molecular flexibility index (Phi) is 4.31. The molecule has 3 aromatic rings. The van der Waals surface area contributed by atoms with Crippen molar-refractivity contribution in [3.8, 4) is 0 Å². The predicted molar refractivity (Wildman–Crippen MR) is 114 cm³/mol. The molecule has 10 nitrogen and oxygen atoms in total. The first-order chi connectivity index (χ1) is 15.1. The number of aromatic nitrogens is 5. The van der Waals surface area contributed by atoms with Crippen molar-refractivity contribution < 1.29 is 4.42 Å². The molecule has 6 rings (SSSR count). The lowest BCUT2D eigenvalue weighted by molar-refractivity contribution is 0.464. The first kappa shape index (κ1) is 18.9. The molecule has 0 amide bonds. The number of hydrogen-bond donors (Lipinski definition) is 1. The molecule has 10 heteroatoms. The highest BCUT2D eigenvalue weighted by atomic mass is 16.3. The summed E-state index contributed by atoms with van der Waals surface area (Å²) >= 11 is 0. The van der Waals surface area contributed by atoms with Crippen LogP contribution in [0.2, 0.25) is 0 Å². The molecule has 1 N–H and O–H groups in total. The van der Waals surface area contributed by atoms with E-state index in [1.165, 1.54) is 15.4 Å². The summed E-state index contributed by atoms with van der Waals surface area (Å²) < 4.78 is 10.4. The number of nitrogens with one attached hydrogen (secondary N) is 1. The molecule has 0 radical (unpaired) electrons. The van der Waals surface area contributed by atoms with E-state index in [1.807, 2.05) is 4.57 Å². The third-order valence-corrected chi connectivity index (χ3v) is 7.33. The van der Waals surface area contributed by atoms with Crippen LogP contribution in [0.4, 0.5) is 5.95 Å². The van der Waals surface area contributed by atoms with E-state index in [9.17, 15) is 9.59 Å². The number of hydrogen-bond acceptors (Lipinski definition) is 7. The summed E-state index contributed by atoms with van der Waals surface area (Å²) in [7, 11) is 1.71. The molecule has 31 heavy (non-hydrogen) atoms. The van der Waals surface area contributed by atoms with Crippen molar-refractivity contribution in [3.05, 3.63) is 39.2 Å². The minimum Gasteiger partial charge on any atom is -0.447 e. The Balaban J connectivity index is 1.59. The summed E-state index contributed by atoms with van der Waals surface area (Å²) in [6, 6.07) is 0.300. The standard InChI is InChI=1S/C21H27N7O3/c1-25-18-17(19(29)28(21(25)30)14-4-2-3-5-14)27(12-16-23-7-9-31-16)20(24-18)26-8-6-13-10-22-11-15(13)26/h7,9,13-15,22H,2-6,8,10-12H2,1H3. The van der Waals surface area contributed by atoms with E-state index in [0.717, 1.165) is 57.7 Å². The van der Waals surface area contributed by atoms with Crippen LogP contribution in [0.15, 0.2) is 26.5 Å². The van der Waals surface area contributed by atoms with Gasteiger partial charge in [0.2, 0.25) is 11.8 Å². The SMILES string of the molecule is Cn1c(=O)n(C2CCCC2)c(=O)c2c1nc(N1CCC3CNCC31)n2Cc1ncco1. The number of anilines is 1. The molecule has 2 saturated heterocycles. The van der Waals surface area contributed by atoms with Crippen LogP contribution in [0.1, 0.15) is 44.0 Å². The van der Waals surface area contributed by atoms with E-state index in [2.05, 4.69) is 15.2 Å². The highest BCUT2D eigenvalue weighted by Gasteiger charge is 2.40. The molecule has 2 unspecified atom stereocenters. The summed E-state index contributed by atoms with van der Waals surface area (Å²) in [5.74, 6) is 1.82. The van der Waals surface area contributed by atoms with Crippen LogP contribution in [0.5, 0.6) is 0 Å². The molecule has 2 atom stereocenters. The molecule has 5 heterocycles. The first-order valence-corrected chi connectivity index (χ1v) is 11.2. The molecular weight excluding hydrogens is 398 g/mol. The second-order valence-corrected chi connectivity index (χ2v) is 9.02. The zero-order valence-corrected chi connectivity index (χ0v) is 17.7. The van der Waals surface area contributed by atoms with Gasteiger partial charge in [0.15, 0.2) is 11.2 Å². The van der Waals surface area contributed by atoms with Crippen molar-refractivity contribution in [3.63, 3.8) is 0 Å². The minimum atomic E-state index is -0.279. The van der Waals surface area contributed by atoms with E-state index < -0.39 is 0 Å². The number of nitrogens with zero attached hydrogens (tertiary/aromatic N) is 6. The van der Waals surface area contributed by atoms with Gasteiger partial charge in [-0.3, -0.25) is 18.5 Å². The third-order valence-electron chi connectivity index (χ3n) is 7.33. The molecule has 3 aliphatic rings. The van der Waals surface area contributed by atoms with Gasteiger partial charge >= 0.3 is 5.69 Å². The number of rotatable bonds is 4. The molecular formula is C21H27N7O3. The monoisotopic (exact) mass is 425 g/mol. The van der Waals surface area contributed by atoms with Gasteiger partial charge in [-0.2, -0.15) is 4.98 Å². The maximum Gasteiger partial charge on any atom is 0.332 e. The van der Waals surface area contributed by atoms with Crippen molar-refractivity contribution in [2.75, 3.05) is 24.5 Å². The van der Waals surface area contributed by atoms with Crippen molar-refractivity contribution in [2.24, 2.45) is 13.0 Å². The van der Waals surface area contributed by atoms with Gasteiger partial charge in [-0.1, -0.05) is 12.8 Å². The van der Waals surface area contributed by atoms with Crippen LogP contribution < -0.4 is 21.5 Å². The Bertz CT molecular complexity index is 1230. The number of oxazole rings is 1. The molecule has 3 aromatic heterocycles. The van der Waals surface area contributed by atoms with Crippen LogP contribution in [0, 0.1) is 5.92 Å². The Morgan fingerprint density at radius 2 is 2.03 bits per heavy atom. The van der Waals surface area contributed by atoms with E-state index in [-0.39, 0.29) is 17.3 Å². The quantitative estimate of drug-likeness (QED) is 0.661. The molecule has 1 aliphatic carbocycles. The Morgan fingerprint density at radius 1 is 1.19 bits per heavy atom. The van der Waals surface area contributed by atoms with Crippen LogP contribution in [-0.4, -0.2) is 49.3 Å². The lowest BCUT2D eigenvalue weighted by Gasteiger charge is -2.25. The zero-order chi connectivity index (χ0) is 21.1. The summed E-state index contributed by atoms with van der Waals surface area (Å²) in [4.78, 5) is 38.3. The maximum absolute atomic E-state index is 13.7. The average molecular weight is 425 g/mol. The van der Waals surface area contributed by atoms with Crippen molar-refractivity contribution in [1.82, 2.24) is 29.0 Å². The number of fused-ring (bicyclic) bond motifs is 2. The van der Waals surface area contributed by atoms with Gasteiger partial charge in [0.05, 0.1) is 6.20 Å². The Hall–Kier alpha value is -2.88. The maximum atomic E-state index is 13.7. The topological polar surface area (TPSA) is 103 Å². The lowest BCUT2D eigenvalue weighted by atomic mass is 10.1. The fraction of sp³-hybridized carbons (Fsp3) is 0.619. The lowest BCUT2D eigenvalue weighted by Crippen LogP contribution is -2.41. The summed E-state index contributed by atoms with van der Waals surface area (Å²) in [5, 5.41) is 3.47. The normalized spacial score (nSPS) is 24.0. The minimum absolute atomic E-state index is 0.0423. The van der Waals surface area contributed by atoms with Crippen LogP contribution in [0.3, 0.4) is 0 Å². The highest BCUT2D eigenvalue weighted by Crippen LogP contribution is 2.33. The largest absolute Gasteiger partial charge is 0.447 e. The van der Waals surface area contributed by atoms with E-state index in [4.69, 9.17) is 9.40 Å². The third kappa shape index (κ3) is 2.80. The molecule has 164 valence electrons. The van der Waals surface area contributed by atoms with Crippen LogP contribution >= 0.6 is 0 Å². The second kappa shape index (κ2) is 7.08. The zero-order valence-electron chi connectivity index (χ0n) is 17.7. The summed E-state index contributed by atoms with van der Waals surface area (Å²) in [5.41, 5.74) is 0.353. The van der Waals surface area contributed by atoms with E-state index in [0.29, 0.717) is 35.6 Å². The molecule has 3 fully saturated rings. The van der Waals surface area contributed by atoms with Gasteiger partial charge in [-0.05, 0) is 25.2 Å². The second-order valence-electron chi connectivity index (χ2n) is 9.02. The van der Waals surface area contributed by atoms with Crippen molar-refractivity contribution >= 4 is 17.1 Å². The molecule has 0 spiro atoms. The van der Waals surface area contributed by atoms with Gasteiger partial charge in [0.25, 0.3) is 5.56 Å². The van der Waals surface area contributed by atoms with Gasteiger partial charge in [0.1, 0.15) is 12.8 Å². The highest BCUT2D eigenvalue weighted by molar-refractivity contribution is 5.75. The van der Waals surface area contributed by atoms with Crippen LogP contribution in [0.25, 0.3) is 11.2 Å². The fourth-order valence-electron chi connectivity index (χ4n) is 5.74. The Morgan fingerprint density at radius 3 is 2.81 bits per heavy atom. The first-order valence-electron chi connectivity index (χ1n) is 11.2. The number of aryl methyl sites for hydroxylation is 1. The van der Waals surface area contributed by atoms with Crippen LogP contribution in [-0.2, 0) is 13.6 Å². The molecule has 1 saturated carbocycles. The van der Waals surface area contributed by atoms with E-state index >= 15 is 0 Å². The van der Waals surface area contributed by atoms with Crippen molar-refractivity contribution in [2.45, 2.75) is 50.7 Å². The van der Waals surface area contributed by atoms with Gasteiger partial charge in [0, 0.05) is 38.8 Å². The summed E-state index contributed by atoms with van der Waals surface area (Å²) in [6.45, 7) is 3.10. The summed E-state index contributed by atoms with van der Waals surface area (Å²) in [6.07, 6.45) is 8.05. The van der Waals surface area contributed by atoms with Gasteiger partial charge in [-0.25, -0.2) is 9.78 Å². The fourth-order valence-corrected chi connectivity index (χ4v) is 5.74.